The van der Waals surface area contributed by atoms with E-state index in [-0.39, 0.29) is 6.04 Å². The number of aryl methyl sites for hydroxylation is 1. The third-order valence-corrected chi connectivity index (χ3v) is 4.69. The van der Waals surface area contributed by atoms with Gasteiger partial charge in [0, 0.05) is 9.86 Å². The van der Waals surface area contributed by atoms with Gasteiger partial charge in [0.05, 0.1) is 11.1 Å². The van der Waals surface area contributed by atoms with E-state index in [1.165, 1.54) is 0 Å². The second-order valence-electron chi connectivity index (χ2n) is 4.76. The Bertz CT molecular complexity index is 781. The molecule has 1 atom stereocenters. The van der Waals surface area contributed by atoms with Crippen LogP contribution < -0.4 is 5.73 Å². The van der Waals surface area contributed by atoms with Gasteiger partial charge in [-0.1, -0.05) is 41.9 Å². The van der Waals surface area contributed by atoms with Crippen LogP contribution in [0.15, 0.2) is 51.4 Å². The van der Waals surface area contributed by atoms with Gasteiger partial charge in [-0.25, -0.2) is 0 Å². The van der Waals surface area contributed by atoms with Crippen molar-refractivity contribution in [1.82, 2.24) is 0 Å². The lowest BCUT2D eigenvalue weighted by molar-refractivity contribution is 0.523. The summed E-state index contributed by atoms with van der Waals surface area (Å²) in [6.07, 6.45) is 0. The molecule has 3 rings (SSSR count). The molecule has 0 bridgehead atoms. The van der Waals surface area contributed by atoms with Crippen molar-refractivity contribution >= 4 is 38.5 Å². The Morgan fingerprint density at radius 3 is 2.70 bits per heavy atom. The first-order chi connectivity index (χ1) is 9.58. The lowest BCUT2D eigenvalue weighted by Gasteiger charge is -2.12. The van der Waals surface area contributed by atoms with E-state index in [1.807, 2.05) is 49.4 Å². The van der Waals surface area contributed by atoms with Gasteiger partial charge in [-0.15, -0.1) is 0 Å². The number of para-hydroxylation sites is 1. The molecule has 0 aliphatic carbocycles. The molecule has 20 heavy (non-hydrogen) atoms. The highest BCUT2D eigenvalue weighted by molar-refractivity contribution is 9.10. The third-order valence-electron chi connectivity index (χ3n) is 3.38. The number of fused-ring (bicyclic) bond motifs is 1. The van der Waals surface area contributed by atoms with Crippen molar-refractivity contribution in [3.8, 4) is 0 Å². The van der Waals surface area contributed by atoms with Crippen molar-refractivity contribution in [3.05, 3.63) is 68.8 Å². The predicted molar refractivity (Wildman–Crippen MR) is 86.1 cm³/mol. The van der Waals surface area contributed by atoms with E-state index in [0.29, 0.717) is 10.8 Å². The number of nitrogens with two attached hydrogens (primary N) is 1. The minimum Gasteiger partial charge on any atom is -0.459 e. The molecule has 0 fully saturated rings. The van der Waals surface area contributed by atoms with Crippen LogP contribution in [0.5, 0.6) is 0 Å². The summed E-state index contributed by atoms with van der Waals surface area (Å²) >= 11 is 9.71. The van der Waals surface area contributed by atoms with E-state index in [4.69, 9.17) is 21.8 Å². The molecular weight excluding hydrogens is 338 g/mol. The fraction of sp³-hybridized carbons (Fsp3) is 0.125. The van der Waals surface area contributed by atoms with E-state index in [1.54, 1.807) is 0 Å². The fourth-order valence-corrected chi connectivity index (χ4v) is 2.92. The molecule has 1 aromatic heterocycles. The highest BCUT2D eigenvalue weighted by Crippen LogP contribution is 2.34. The van der Waals surface area contributed by atoms with Crippen molar-refractivity contribution in [2.45, 2.75) is 13.0 Å². The highest BCUT2D eigenvalue weighted by atomic mass is 79.9. The predicted octanol–water partition coefficient (Wildman–Crippen LogP) is 5.21. The molecule has 2 nitrogen and oxygen atoms in total. The Morgan fingerprint density at radius 1 is 1.20 bits per heavy atom. The zero-order chi connectivity index (χ0) is 14.3. The standard InChI is InChI=1S/C16H13BrClNO/c1-9-4-2-5-10-8-13(20-16(9)10)15(19)11-6-3-7-12(17)14(11)18/h2-8,15H,19H2,1H3. The zero-order valence-electron chi connectivity index (χ0n) is 10.9. The second-order valence-corrected chi connectivity index (χ2v) is 6.00. The van der Waals surface area contributed by atoms with Crippen molar-refractivity contribution in [2.24, 2.45) is 5.73 Å². The van der Waals surface area contributed by atoms with Crippen LogP contribution in [0.2, 0.25) is 5.02 Å². The van der Waals surface area contributed by atoms with Gasteiger partial charge in [0.1, 0.15) is 11.3 Å². The Kier molecular flexibility index (Phi) is 3.59. The molecule has 4 heteroatoms. The number of halogens is 2. The summed E-state index contributed by atoms with van der Waals surface area (Å²) in [5.74, 6) is 0.717. The van der Waals surface area contributed by atoms with Gasteiger partial charge < -0.3 is 10.2 Å². The van der Waals surface area contributed by atoms with Gasteiger partial charge in [-0.2, -0.15) is 0 Å². The molecule has 2 aromatic carbocycles. The Balaban J connectivity index is 2.10. The molecule has 0 amide bonds. The van der Waals surface area contributed by atoms with Crippen LogP contribution in [-0.4, -0.2) is 0 Å². The Morgan fingerprint density at radius 2 is 1.95 bits per heavy atom. The SMILES string of the molecule is Cc1cccc2cc(C(N)c3cccc(Br)c3Cl)oc12. The van der Waals surface area contributed by atoms with Crippen molar-refractivity contribution in [1.29, 1.82) is 0 Å². The minimum absolute atomic E-state index is 0.383. The van der Waals surface area contributed by atoms with Crippen LogP contribution in [-0.2, 0) is 0 Å². The molecule has 1 unspecified atom stereocenters. The van der Waals surface area contributed by atoms with Crippen molar-refractivity contribution in [2.75, 3.05) is 0 Å². The monoisotopic (exact) mass is 349 g/mol. The minimum atomic E-state index is -0.383. The van der Waals surface area contributed by atoms with Crippen LogP contribution in [0, 0.1) is 6.92 Å². The van der Waals surface area contributed by atoms with E-state index < -0.39 is 0 Å². The van der Waals surface area contributed by atoms with Crippen molar-refractivity contribution < 1.29 is 4.42 Å². The number of hydrogen-bond acceptors (Lipinski definition) is 2. The molecular formula is C16H13BrClNO. The number of furan rings is 1. The fourth-order valence-electron chi connectivity index (χ4n) is 2.30. The first kappa shape index (κ1) is 13.7. The molecule has 0 spiro atoms. The number of rotatable bonds is 2. The van der Waals surface area contributed by atoms with Crippen LogP contribution in [0.3, 0.4) is 0 Å². The van der Waals surface area contributed by atoms with E-state index in [0.717, 1.165) is 26.6 Å². The maximum Gasteiger partial charge on any atom is 0.137 e. The van der Waals surface area contributed by atoms with Crippen LogP contribution in [0.25, 0.3) is 11.0 Å². The summed E-state index contributed by atoms with van der Waals surface area (Å²) in [6, 6.07) is 13.4. The summed E-state index contributed by atoms with van der Waals surface area (Å²) in [5.41, 5.74) is 9.12. The summed E-state index contributed by atoms with van der Waals surface area (Å²) in [7, 11) is 0. The smallest absolute Gasteiger partial charge is 0.137 e. The largest absolute Gasteiger partial charge is 0.459 e. The molecule has 0 aliphatic heterocycles. The number of benzene rings is 2. The van der Waals surface area contributed by atoms with Crippen LogP contribution >= 0.6 is 27.5 Å². The van der Waals surface area contributed by atoms with E-state index in [9.17, 15) is 0 Å². The van der Waals surface area contributed by atoms with Gasteiger partial charge in [-0.05, 0) is 46.1 Å². The molecule has 0 saturated carbocycles. The van der Waals surface area contributed by atoms with E-state index in [2.05, 4.69) is 15.9 Å². The molecule has 102 valence electrons. The molecule has 0 aliphatic rings. The first-order valence-electron chi connectivity index (χ1n) is 6.26. The lowest BCUT2D eigenvalue weighted by Crippen LogP contribution is -2.11. The summed E-state index contributed by atoms with van der Waals surface area (Å²) in [6.45, 7) is 2.02. The Hall–Kier alpha value is -1.29. The highest BCUT2D eigenvalue weighted by Gasteiger charge is 2.18. The van der Waals surface area contributed by atoms with Gasteiger partial charge >= 0.3 is 0 Å². The summed E-state index contributed by atoms with van der Waals surface area (Å²) in [5, 5.41) is 1.68. The maximum atomic E-state index is 6.30. The van der Waals surface area contributed by atoms with Gasteiger partial charge in [-0.3, -0.25) is 0 Å². The molecule has 3 aromatic rings. The van der Waals surface area contributed by atoms with Crippen molar-refractivity contribution in [3.63, 3.8) is 0 Å². The van der Waals surface area contributed by atoms with Gasteiger partial charge in [0.25, 0.3) is 0 Å². The second kappa shape index (κ2) is 5.24. The van der Waals surface area contributed by atoms with Gasteiger partial charge in [0.15, 0.2) is 0 Å². The zero-order valence-corrected chi connectivity index (χ0v) is 13.2. The summed E-state index contributed by atoms with van der Waals surface area (Å²) < 4.78 is 6.74. The van der Waals surface area contributed by atoms with Crippen LogP contribution in [0.4, 0.5) is 0 Å². The molecule has 1 heterocycles. The lowest BCUT2D eigenvalue weighted by atomic mass is 10.1. The summed E-state index contributed by atoms with van der Waals surface area (Å²) in [4.78, 5) is 0. The number of hydrogen-bond donors (Lipinski definition) is 1. The third kappa shape index (κ3) is 2.26. The molecule has 0 saturated heterocycles. The molecule has 2 N–H and O–H groups in total. The topological polar surface area (TPSA) is 39.2 Å². The quantitative estimate of drug-likeness (QED) is 0.689. The normalized spacial score (nSPS) is 12.8. The average Bonchev–Trinajstić information content (AvgIpc) is 2.87. The van der Waals surface area contributed by atoms with Crippen LogP contribution in [0.1, 0.15) is 22.9 Å². The first-order valence-corrected chi connectivity index (χ1v) is 7.43. The molecule has 0 radical (unpaired) electrons. The van der Waals surface area contributed by atoms with Gasteiger partial charge in [0.2, 0.25) is 0 Å². The Labute approximate surface area is 130 Å². The van der Waals surface area contributed by atoms with E-state index >= 15 is 0 Å². The maximum absolute atomic E-state index is 6.30. The average molecular weight is 351 g/mol.